The monoisotopic (exact) mass is 354 g/mol. The predicted molar refractivity (Wildman–Crippen MR) is 94.4 cm³/mol. The summed E-state index contributed by atoms with van der Waals surface area (Å²) >= 11 is 4.16. The van der Waals surface area contributed by atoms with Crippen molar-refractivity contribution in [2.75, 3.05) is 0 Å². The zero-order valence-electron chi connectivity index (χ0n) is 11.7. The van der Waals surface area contributed by atoms with E-state index in [1.807, 2.05) is 0 Å². The van der Waals surface area contributed by atoms with Crippen molar-refractivity contribution < 1.29 is 0 Å². The average molecular weight is 355 g/mol. The Bertz CT molecular complexity index is 775. The van der Waals surface area contributed by atoms with Gasteiger partial charge < -0.3 is 0 Å². The van der Waals surface area contributed by atoms with E-state index >= 15 is 0 Å². The lowest BCUT2D eigenvalue weighted by molar-refractivity contribution is 1.34. The molecule has 0 amide bonds. The van der Waals surface area contributed by atoms with Crippen molar-refractivity contribution in [3.05, 3.63) is 78.4 Å². The van der Waals surface area contributed by atoms with Crippen molar-refractivity contribution in [2.24, 2.45) is 0 Å². The van der Waals surface area contributed by atoms with Crippen LogP contribution in [0, 0.1) is 6.92 Å². The summed E-state index contributed by atoms with van der Waals surface area (Å²) in [5.74, 6) is 0. The summed E-state index contributed by atoms with van der Waals surface area (Å²) in [7, 11) is -1.31. The van der Waals surface area contributed by atoms with Gasteiger partial charge in [0.2, 0.25) is 0 Å². The summed E-state index contributed by atoms with van der Waals surface area (Å²) in [6.45, 7) is 2.14. The Balaban J connectivity index is 2.06. The van der Waals surface area contributed by atoms with E-state index in [9.17, 15) is 0 Å². The topological polar surface area (TPSA) is 0 Å². The number of fused-ring (bicyclic) bond motifs is 3. The Morgan fingerprint density at radius 1 is 0.667 bits per heavy atom. The van der Waals surface area contributed by atoms with Gasteiger partial charge in [0.15, 0.2) is 0 Å². The molecule has 0 saturated carbocycles. The molecule has 0 nitrogen and oxygen atoms in total. The smallest absolute Gasteiger partial charge is 0.0157 e. The first-order valence-electron chi connectivity index (χ1n) is 6.99. The highest BCUT2D eigenvalue weighted by Gasteiger charge is 2.37. The van der Waals surface area contributed by atoms with Crippen LogP contribution in [0.5, 0.6) is 0 Å². The number of halogens is 1. The molecule has 0 N–H and O–H groups in total. The van der Waals surface area contributed by atoms with Gasteiger partial charge in [-0.15, -0.1) is 0 Å². The molecule has 0 radical (unpaired) electrons. The van der Waals surface area contributed by atoms with Crippen molar-refractivity contribution in [3.8, 4) is 11.1 Å². The van der Waals surface area contributed by atoms with Gasteiger partial charge in [0.1, 0.15) is 0 Å². The fourth-order valence-corrected chi connectivity index (χ4v) is 8.06. The zero-order valence-corrected chi connectivity index (χ0v) is 14.1. The summed E-state index contributed by atoms with van der Waals surface area (Å²) in [6, 6.07) is 26.5. The third-order valence-electron chi connectivity index (χ3n) is 4.02. The maximum atomic E-state index is 4.16. The predicted octanol–water partition coefficient (Wildman–Crippen LogP) is 6.57. The Hall–Kier alpha value is -1.51. The molecule has 0 aromatic heterocycles. The highest BCUT2D eigenvalue weighted by atomic mass is 79.9. The van der Waals surface area contributed by atoms with Gasteiger partial charge in [-0.05, 0) is 57.1 Å². The fourth-order valence-electron chi connectivity index (χ4n) is 2.97. The van der Waals surface area contributed by atoms with Gasteiger partial charge in [-0.3, -0.25) is 0 Å². The van der Waals surface area contributed by atoms with Crippen LogP contribution in [0.1, 0.15) is 5.56 Å². The molecule has 0 spiro atoms. The molecule has 1 aliphatic rings. The molecule has 104 valence electrons. The number of aryl methyl sites for hydroxylation is 1. The molecule has 0 unspecified atom stereocenters. The Kier molecular flexibility index (Phi) is 2.98. The molecule has 2 heteroatoms. The molecule has 0 saturated heterocycles. The lowest BCUT2D eigenvalue weighted by atomic mass is 10.1. The minimum Gasteiger partial charge on any atom is -0.0999 e. The minimum atomic E-state index is -1.31. The second kappa shape index (κ2) is 4.75. The number of benzene rings is 3. The quantitative estimate of drug-likeness (QED) is 0.463. The van der Waals surface area contributed by atoms with Crippen LogP contribution in [0.4, 0.5) is 0 Å². The van der Waals surface area contributed by atoms with E-state index in [4.69, 9.17) is 0 Å². The van der Waals surface area contributed by atoms with Gasteiger partial charge in [0.25, 0.3) is 0 Å². The third kappa shape index (κ3) is 1.82. The molecule has 3 aromatic rings. The van der Waals surface area contributed by atoms with Crippen LogP contribution < -0.4 is 0 Å². The maximum Gasteiger partial charge on any atom is 0.0157 e. The van der Waals surface area contributed by atoms with E-state index in [0.29, 0.717) is 0 Å². The first-order valence-corrected chi connectivity index (χ1v) is 10.5. The largest absolute Gasteiger partial charge is 0.0999 e. The van der Waals surface area contributed by atoms with Crippen molar-refractivity contribution in [1.29, 1.82) is 0 Å². The molecule has 0 bridgehead atoms. The van der Waals surface area contributed by atoms with E-state index in [1.165, 1.54) is 31.4 Å². The summed E-state index contributed by atoms with van der Waals surface area (Å²) in [4.78, 5) is 4.19. The van der Waals surface area contributed by atoms with Crippen LogP contribution >= 0.6 is 23.3 Å². The molecule has 1 heterocycles. The van der Waals surface area contributed by atoms with Crippen molar-refractivity contribution in [3.63, 3.8) is 0 Å². The highest BCUT2D eigenvalue weighted by Crippen LogP contribution is 2.80. The first-order chi connectivity index (χ1) is 10.2. The van der Waals surface area contributed by atoms with Crippen LogP contribution in [0.2, 0.25) is 0 Å². The third-order valence-corrected chi connectivity index (χ3v) is 10.1. The van der Waals surface area contributed by atoms with Gasteiger partial charge in [0, 0.05) is 14.7 Å². The van der Waals surface area contributed by atoms with Crippen molar-refractivity contribution in [2.45, 2.75) is 21.6 Å². The number of rotatable bonds is 1. The van der Waals surface area contributed by atoms with Gasteiger partial charge >= 0.3 is 0 Å². The summed E-state index contributed by atoms with van der Waals surface area (Å²) in [5, 5.41) is 0. The SMILES string of the molecule is Cc1ccc(S2(Br)c3ccccc3-c3ccccc32)cc1. The van der Waals surface area contributed by atoms with Crippen LogP contribution in [0.25, 0.3) is 11.1 Å². The fraction of sp³-hybridized carbons (Fsp3) is 0.0526. The Labute approximate surface area is 134 Å². The molecule has 0 fully saturated rings. The van der Waals surface area contributed by atoms with Gasteiger partial charge in [-0.2, -0.15) is 0 Å². The normalized spacial score (nSPS) is 16.1. The molecule has 0 atom stereocenters. The van der Waals surface area contributed by atoms with E-state index in [-0.39, 0.29) is 0 Å². The van der Waals surface area contributed by atoms with E-state index in [2.05, 4.69) is 94.5 Å². The number of hydrogen-bond acceptors (Lipinski definition) is 0. The summed E-state index contributed by atoms with van der Waals surface area (Å²) < 4.78 is 0. The van der Waals surface area contributed by atoms with Crippen LogP contribution in [0.3, 0.4) is 0 Å². The molecular formula is C19H15BrS. The molecule has 0 aliphatic carbocycles. The van der Waals surface area contributed by atoms with Crippen molar-refractivity contribution >= 4 is 23.3 Å². The van der Waals surface area contributed by atoms with E-state index < -0.39 is 8.46 Å². The Morgan fingerprint density at radius 3 is 1.67 bits per heavy atom. The number of hydrogen-bond donors (Lipinski definition) is 0. The molecule has 1 aliphatic heterocycles. The summed E-state index contributed by atoms with van der Waals surface area (Å²) in [6.07, 6.45) is 0. The second-order valence-corrected chi connectivity index (χ2v) is 10.7. The van der Waals surface area contributed by atoms with Crippen molar-refractivity contribution in [1.82, 2.24) is 0 Å². The molecule has 21 heavy (non-hydrogen) atoms. The summed E-state index contributed by atoms with van der Waals surface area (Å²) in [5.41, 5.74) is 4.02. The van der Waals surface area contributed by atoms with E-state index in [0.717, 1.165) is 0 Å². The lowest BCUT2D eigenvalue weighted by Gasteiger charge is -2.31. The van der Waals surface area contributed by atoms with E-state index in [1.54, 1.807) is 0 Å². The van der Waals surface area contributed by atoms with Gasteiger partial charge in [-0.1, -0.05) is 62.6 Å². The maximum absolute atomic E-state index is 4.16. The van der Waals surface area contributed by atoms with Crippen LogP contribution in [-0.2, 0) is 0 Å². The highest BCUT2D eigenvalue weighted by molar-refractivity contribution is 9.58. The van der Waals surface area contributed by atoms with Gasteiger partial charge in [0.05, 0.1) is 0 Å². The molecular weight excluding hydrogens is 340 g/mol. The zero-order chi connectivity index (χ0) is 14.4. The average Bonchev–Trinajstić information content (AvgIpc) is 2.80. The van der Waals surface area contributed by atoms with Crippen LogP contribution in [0.15, 0.2) is 87.5 Å². The molecule has 3 aromatic carbocycles. The van der Waals surface area contributed by atoms with Gasteiger partial charge in [-0.25, -0.2) is 0 Å². The van der Waals surface area contributed by atoms with Crippen LogP contribution in [-0.4, -0.2) is 0 Å². The minimum absolute atomic E-state index is 1.30. The Morgan fingerprint density at radius 2 is 1.14 bits per heavy atom. The lowest BCUT2D eigenvalue weighted by Crippen LogP contribution is -1.91. The standard InChI is InChI=1S/C19H15BrS/c1-14-10-12-15(13-11-14)21(20)18-8-4-2-6-16(18)17-7-3-5-9-19(17)21/h2-13H,1H3. The second-order valence-electron chi connectivity index (χ2n) is 5.34. The first kappa shape index (κ1) is 13.2. The molecule has 4 rings (SSSR count).